The molecule has 0 radical (unpaired) electrons. The van der Waals surface area contributed by atoms with Crippen LogP contribution in [0.25, 0.3) is 0 Å². The van der Waals surface area contributed by atoms with Crippen molar-refractivity contribution in [2.75, 3.05) is 0 Å². The van der Waals surface area contributed by atoms with Gasteiger partial charge < -0.3 is 10.8 Å². The third-order valence-electron chi connectivity index (χ3n) is 2.38. The Balaban J connectivity index is 2.53. The molecule has 2 atom stereocenters. The van der Waals surface area contributed by atoms with E-state index in [0.29, 0.717) is 16.5 Å². The smallest absolute Gasteiger partial charge is 0.137 e. The zero-order valence-electron chi connectivity index (χ0n) is 6.80. The molecule has 0 amide bonds. The summed E-state index contributed by atoms with van der Waals surface area (Å²) in [4.78, 5) is 0. The van der Waals surface area contributed by atoms with Gasteiger partial charge in [0.15, 0.2) is 0 Å². The summed E-state index contributed by atoms with van der Waals surface area (Å²) in [5.74, 6) is -0.330. The van der Waals surface area contributed by atoms with E-state index in [9.17, 15) is 9.50 Å². The molecule has 0 heterocycles. The van der Waals surface area contributed by atoms with Gasteiger partial charge in [-0.2, -0.15) is 0 Å². The van der Waals surface area contributed by atoms with Gasteiger partial charge in [-0.05, 0) is 39.2 Å². The second-order valence-corrected chi connectivity index (χ2v) is 4.12. The Hall–Kier alpha value is -0.450. The Morgan fingerprint density at radius 2 is 2.23 bits per heavy atom. The van der Waals surface area contributed by atoms with Crippen LogP contribution in [-0.4, -0.2) is 11.2 Å². The van der Waals surface area contributed by atoms with Crippen LogP contribution < -0.4 is 5.73 Å². The molecular formula is C9H9BrFNO. The van der Waals surface area contributed by atoms with E-state index >= 15 is 0 Å². The molecule has 4 heteroatoms. The summed E-state index contributed by atoms with van der Waals surface area (Å²) < 4.78 is 13.5. The molecule has 2 nitrogen and oxygen atoms in total. The largest absolute Gasteiger partial charge is 0.391 e. The molecule has 0 bridgehead atoms. The third-order valence-corrected chi connectivity index (χ3v) is 2.99. The number of hydrogen-bond acceptors (Lipinski definition) is 2. The van der Waals surface area contributed by atoms with Crippen molar-refractivity contribution in [1.29, 1.82) is 0 Å². The lowest BCUT2D eigenvalue weighted by atomic mass is 10.1. The number of fused-ring (bicyclic) bond motifs is 1. The van der Waals surface area contributed by atoms with Crippen LogP contribution in [0.1, 0.15) is 17.2 Å². The van der Waals surface area contributed by atoms with Crippen LogP contribution in [0.5, 0.6) is 0 Å². The van der Waals surface area contributed by atoms with Gasteiger partial charge in [-0.15, -0.1) is 0 Å². The minimum Gasteiger partial charge on any atom is -0.391 e. The summed E-state index contributed by atoms with van der Waals surface area (Å²) in [6.45, 7) is 0. The van der Waals surface area contributed by atoms with E-state index in [4.69, 9.17) is 5.73 Å². The lowest BCUT2D eigenvalue weighted by Crippen LogP contribution is -2.21. The monoisotopic (exact) mass is 245 g/mol. The molecule has 1 aromatic rings. The van der Waals surface area contributed by atoms with Gasteiger partial charge in [0.25, 0.3) is 0 Å². The lowest BCUT2D eigenvalue weighted by molar-refractivity contribution is 0.158. The molecule has 3 N–H and O–H groups in total. The minimum atomic E-state index is -0.580. The third kappa shape index (κ3) is 1.39. The summed E-state index contributed by atoms with van der Waals surface area (Å²) in [7, 11) is 0. The summed E-state index contributed by atoms with van der Waals surface area (Å²) >= 11 is 3.09. The maximum atomic E-state index is 13.1. The van der Waals surface area contributed by atoms with Crippen molar-refractivity contribution < 1.29 is 9.50 Å². The van der Waals surface area contributed by atoms with Crippen LogP contribution >= 0.6 is 15.9 Å². The number of hydrogen-bond donors (Lipinski definition) is 2. The van der Waals surface area contributed by atoms with Crippen molar-refractivity contribution in [2.45, 2.75) is 18.6 Å². The first kappa shape index (κ1) is 9.12. The molecule has 0 fully saturated rings. The van der Waals surface area contributed by atoms with Crippen LogP contribution in [0.4, 0.5) is 4.39 Å². The predicted molar refractivity (Wildman–Crippen MR) is 50.7 cm³/mol. The predicted octanol–water partition coefficient (Wildman–Crippen LogP) is 1.50. The molecule has 13 heavy (non-hydrogen) atoms. The van der Waals surface area contributed by atoms with Crippen molar-refractivity contribution in [3.8, 4) is 0 Å². The molecule has 70 valence electrons. The van der Waals surface area contributed by atoms with Crippen LogP contribution in [0, 0.1) is 5.82 Å². The van der Waals surface area contributed by atoms with E-state index in [2.05, 4.69) is 15.9 Å². The van der Waals surface area contributed by atoms with Gasteiger partial charge in [0.1, 0.15) is 5.82 Å². The fraction of sp³-hybridized carbons (Fsp3) is 0.333. The average molecular weight is 246 g/mol. The highest BCUT2D eigenvalue weighted by atomic mass is 79.9. The number of aliphatic hydroxyl groups is 1. The highest BCUT2D eigenvalue weighted by Gasteiger charge is 2.28. The number of benzene rings is 1. The van der Waals surface area contributed by atoms with Crippen molar-refractivity contribution in [3.05, 3.63) is 33.5 Å². The second kappa shape index (κ2) is 3.04. The van der Waals surface area contributed by atoms with Gasteiger partial charge in [-0.1, -0.05) is 0 Å². The topological polar surface area (TPSA) is 46.2 Å². The molecule has 2 rings (SSSR count). The zero-order chi connectivity index (χ0) is 9.59. The van der Waals surface area contributed by atoms with Crippen molar-refractivity contribution in [3.63, 3.8) is 0 Å². The molecule has 1 aliphatic rings. The first-order valence-electron chi connectivity index (χ1n) is 4.01. The fourth-order valence-corrected chi connectivity index (χ4v) is 2.04. The molecule has 0 saturated heterocycles. The van der Waals surface area contributed by atoms with Crippen molar-refractivity contribution in [2.24, 2.45) is 5.73 Å². The van der Waals surface area contributed by atoms with Crippen molar-refractivity contribution >= 4 is 15.9 Å². The zero-order valence-corrected chi connectivity index (χ0v) is 8.38. The quantitative estimate of drug-likeness (QED) is 0.728. The summed E-state index contributed by atoms with van der Waals surface area (Å²) in [6, 6.07) is 2.62. The van der Waals surface area contributed by atoms with Gasteiger partial charge in [0.2, 0.25) is 0 Å². The van der Waals surface area contributed by atoms with E-state index in [0.717, 1.165) is 5.56 Å². The molecule has 1 aromatic carbocycles. The Morgan fingerprint density at radius 1 is 1.54 bits per heavy atom. The Morgan fingerprint density at radius 3 is 2.92 bits per heavy atom. The summed E-state index contributed by atoms with van der Waals surface area (Å²) in [5, 5.41) is 9.44. The van der Waals surface area contributed by atoms with E-state index in [1.165, 1.54) is 6.07 Å². The van der Waals surface area contributed by atoms with Crippen LogP contribution in [0.3, 0.4) is 0 Å². The number of aliphatic hydroxyl groups excluding tert-OH is 1. The van der Waals surface area contributed by atoms with E-state index < -0.39 is 12.1 Å². The van der Waals surface area contributed by atoms with Crippen LogP contribution in [0.2, 0.25) is 0 Å². The molecule has 0 spiro atoms. The van der Waals surface area contributed by atoms with Gasteiger partial charge in [0, 0.05) is 6.42 Å². The average Bonchev–Trinajstić information content (AvgIpc) is 2.32. The molecule has 1 aliphatic carbocycles. The molecule has 0 unspecified atom stereocenters. The first-order chi connectivity index (χ1) is 6.09. The SMILES string of the molecule is N[C@H]1c2cc(F)c(Br)cc2C[C@H]1O. The minimum absolute atomic E-state index is 0.330. The van der Waals surface area contributed by atoms with E-state index in [1.54, 1.807) is 6.07 Å². The second-order valence-electron chi connectivity index (χ2n) is 3.26. The number of nitrogens with two attached hydrogens (primary N) is 1. The first-order valence-corrected chi connectivity index (χ1v) is 4.80. The molecule has 0 aliphatic heterocycles. The Kier molecular flexibility index (Phi) is 2.14. The maximum Gasteiger partial charge on any atom is 0.137 e. The van der Waals surface area contributed by atoms with E-state index in [1.807, 2.05) is 0 Å². The molecule has 0 aromatic heterocycles. The summed E-state index contributed by atoms with van der Waals surface area (Å²) in [6.07, 6.45) is -0.0706. The lowest BCUT2D eigenvalue weighted by Gasteiger charge is -2.08. The highest BCUT2D eigenvalue weighted by Crippen LogP contribution is 2.33. The van der Waals surface area contributed by atoms with Crippen LogP contribution in [0.15, 0.2) is 16.6 Å². The van der Waals surface area contributed by atoms with Crippen LogP contribution in [-0.2, 0) is 6.42 Å². The highest BCUT2D eigenvalue weighted by molar-refractivity contribution is 9.10. The van der Waals surface area contributed by atoms with Gasteiger partial charge in [-0.25, -0.2) is 4.39 Å². The van der Waals surface area contributed by atoms with Gasteiger partial charge >= 0.3 is 0 Å². The normalized spacial score (nSPS) is 26.2. The number of halogens is 2. The van der Waals surface area contributed by atoms with Crippen molar-refractivity contribution in [1.82, 2.24) is 0 Å². The maximum absolute atomic E-state index is 13.1. The standard InChI is InChI=1S/C9H9BrFNO/c10-6-1-4-2-8(13)9(12)5(4)3-7(6)11/h1,3,8-9,13H,2,12H2/t8-,9+/m1/s1. The van der Waals surface area contributed by atoms with E-state index in [-0.39, 0.29) is 5.82 Å². The van der Waals surface area contributed by atoms with Gasteiger partial charge in [-0.3, -0.25) is 0 Å². The molecular weight excluding hydrogens is 237 g/mol. The fourth-order valence-electron chi connectivity index (χ4n) is 1.65. The number of rotatable bonds is 0. The Labute approximate surface area is 83.7 Å². The Bertz CT molecular complexity index is 356. The summed E-state index contributed by atoms with van der Waals surface area (Å²) in [5.41, 5.74) is 7.32. The van der Waals surface area contributed by atoms with Gasteiger partial charge in [0.05, 0.1) is 16.6 Å². The molecule has 0 saturated carbocycles.